The number of amides is 1. The Kier molecular flexibility index (Phi) is 3.55. The molecular weight excluding hydrogens is 240 g/mol. The van der Waals surface area contributed by atoms with E-state index in [2.05, 4.69) is 29.2 Å². The molecule has 1 atom stereocenters. The Bertz CT molecular complexity index is 615. The van der Waals surface area contributed by atoms with E-state index in [0.29, 0.717) is 17.1 Å². The lowest BCUT2D eigenvalue weighted by Crippen LogP contribution is -2.36. The fraction of sp³-hybridized carbons (Fsp3) is 0.500. The monoisotopic (exact) mass is 260 g/mol. The van der Waals surface area contributed by atoms with Crippen LogP contribution in [0.25, 0.3) is 5.65 Å². The first-order valence-corrected chi connectivity index (χ1v) is 6.53. The summed E-state index contributed by atoms with van der Waals surface area (Å²) in [6.07, 6.45) is 1.58. The van der Waals surface area contributed by atoms with Gasteiger partial charge in [-0.3, -0.25) is 4.79 Å². The SMILES string of the molecule is Cc1cc(C)n2ncc(C(=O)N[C@@H](C)C(C)C)c2n1. The maximum atomic E-state index is 12.3. The summed E-state index contributed by atoms with van der Waals surface area (Å²) in [5.74, 6) is 0.274. The molecule has 5 nitrogen and oxygen atoms in total. The zero-order chi connectivity index (χ0) is 14.2. The van der Waals surface area contributed by atoms with Gasteiger partial charge in [-0.2, -0.15) is 5.10 Å². The van der Waals surface area contributed by atoms with Gasteiger partial charge in [0.25, 0.3) is 5.91 Å². The molecule has 2 aromatic rings. The second-order valence-corrected chi connectivity index (χ2v) is 5.34. The molecule has 2 rings (SSSR count). The molecule has 2 aromatic heterocycles. The fourth-order valence-electron chi connectivity index (χ4n) is 1.88. The molecule has 0 aliphatic rings. The number of rotatable bonds is 3. The zero-order valence-corrected chi connectivity index (χ0v) is 12.1. The maximum absolute atomic E-state index is 12.3. The summed E-state index contributed by atoms with van der Waals surface area (Å²) in [4.78, 5) is 16.7. The van der Waals surface area contributed by atoms with Crippen LogP contribution >= 0.6 is 0 Å². The van der Waals surface area contributed by atoms with Crippen molar-refractivity contribution in [3.63, 3.8) is 0 Å². The van der Waals surface area contributed by atoms with Crippen molar-refractivity contribution in [2.75, 3.05) is 0 Å². The number of fused-ring (bicyclic) bond motifs is 1. The molecule has 0 spiro atoms. The lowest BCUT2D eigenvalue weighted by Gasteiger charge is -2.16. The van der Waals surface area contributed by atoms with Crippen molar-refractivity contribution >= 4 is 11.6 Å². The van der Waals surface area contributed by atoms with Crippen LogP contribution in [-0.4, -0.2) is 26.5 Å². The largest absolute Gasteiger partial charge is 0.349 e. The lowest BCUT2D eigenvalue weighted by molar-refractivity contribution is 0.0932. The predicted octanol–water partition coefficient (Wildman–Crippen LogP) is 2.12. The summed E-state index contributed by atoms with van der Waals surface area (Å²) < 4.78 is 1.70. The lowest BCUT2D eigenvalue weighted by atomic mass is 10.1. The Balaban J connectivity index is 2.38. The van der Waals surface area contributed by atoms with Gasteiger partial charge in [0.05, 0.1) is 6.20 Å². The molecule has 0 fully saturated rings. The smallest absolute Gasteiger partial charge is 0.256 e. The van der Waals surface area contributed by atoms with Crippen molar-refractivity contribution in [2.24, 2.45) is 5.92 Å². The number of hydrogen-bond donors (Lipinski definition) is 1. The van der Waals surface area contributed by atoms with Gasteiger partial charge < -0.3 is 5.32 Å². The quantitative estimate of drug-likeness (QED) is 0.919. The summed E-state index contributed by atoms with van der Waals surface area (Å²) >= 11 is 0. The van der Waals surface area contributed by atoms with Crippen LogP contribution in [0.3, 0.4) is 0 Å². The van der Waals surface area contributed by atoms with Gasteiger partial charge in [-0.1, -0.05) is 13.8 Å². The minimum absolute atomic E-state index is 0.117. The standard InChI is InChI=1S/C14H20N4O/c1-8(2)11(5)17-14(19)12-7-15-18-10(4)6-9(3)16-13(12)18/h6-8,11H,1-5H3,(H,17,19)/t11-/m0/s1. The van der Waals surface area contributed by atoms with E-state index in [4.69, 9.17) is 0 Å². The minimum atomic E-state index is -0.117. The molecule has 19 heavy (non-hydrogen) atoms. The van der Waals surface area contributed by atoms with Gasteiger partial charge in [0, 0.05) is 17.4 Å². The van der Waals surface area contributed by atoms with Gasteiger partial charge in [-0.05, 0) is 32.8 Å². The Morgan fingerprint density at radius 2 is 2.00 bits per heavy atom. The van der Waals surface area contributed by atoms with E-state index in [0.717, 1.165) is 11.4 Å². The molecule has 0 bridgehead atoms. The molecule has 0 unspecified atom stereocenters. The molecule has 0 aromatic carbocycles. The molecule has 0 radical (unpaired) electrons. The van der Waals surface area contributed by atoms with Crippen molar-refractivity contribution < 1.29 is 4.79 Å². The van der Waals surface area contributed by atoms with Crippen molar-refractivity contribution in [3.05, 3.63) is 29.2 Å². The Labute approximate surface area is 113 Å². The van der Waals surface area contributed by atoms with Crippen LogP contribution in [0.4, 0.5) is 0 Å². The normalized spacial score (nSPS) is 12.9. The number of nitrogens with one attached hydrogen (secondary N) is 1. The molecule has 0 aliphatic carbocycles. The topological polar surface area (TPSA) is 59.3 Å². The van der Waals surface area contributed by atoms with Crippen LogP contribution in [0.2, 0.25) is 0 Å². The highest BCUT2D eigenvalue weighted by Gasteiger charge is 2.18. The van der Waals surface area contributed by atoms with Crippen molar-refractivity contribution in [1.82, 2.24) is 19.9 Å². The average molecular weight is 260 g/mol. The summed E-state index contributed by atoms with van der Waals surface area (Å²) in [6, 6.07) is 2.06. The van der Waals surface area contributed by atoms with E-state index in [1.54, 1.807) is 10.7 Å². The summed E-state index contributed by atoms with van der Waals surface area (Å²) in [5, 5.41) is 7.21. The number of hydrogen-bond acceptors (Lipinski definition) is 3. The number of aryl methyl sites for hydroxylation is 2. The molecular formula is C14H20N4O. The van der Waals surface area contributed by atoms with E-state index in [1.165, 1.54) is 0 Å². The van der Waals surface area contributed by atoms with Crippen LogP contribution in [0, 0.1) is 19.8 Å². The van der Waals surface area contributed by atoms with E-state index in [-0.39, 0.29) is 11.9 Å². The number of aromatic nitrogens is 3. The molecule has 0 saturated carbocycles. The summed E-state index contributed by atoms with van der Waals surface area (Å²) in [7, 11) is 0. The van der Waals surface area contributed by atoms with Crippen molar-refractivity contribution in [1.29, 1.82) is 0 Å². The van der Waals surface area contributed by atoms with E-state index in [9.17, 15) is 4.79 Å². The number of nitrogens with zero attached hydrogens (tertiary/aromatic N) is 3. The highest BCUT2D eigenvalue weighted by Crippen LogP contribution is 2.12. The van der Waals surface area contributed by atoms with E-state index in [1.807, 2.05) is 26.8 Å². The second kappa shape index (κ2) is 4.99. The number of carbonyl (C=O) groups excluding carboxylic acids is 1. The minimum Gasteiger partial charge on any atom is -0.349 e. The van der Waals surface area contributed by atoms with E-state index >= 15 is 0 Å². The average Bonchev–Trinajstić information content (AvgIpc) is 2.72. The first kappa shape index (κ1) is 13.5. The van der Waals surface area contributed by atoms with Gasteiger partial charge >= 0.3 is 0 Å². The third-order valence-corrected chi connectivity index (χ3v) is 3.38. The van der Waals surface area contributed by atoms with Crippen LogP contribution in [0.1, 0.15) is 42.5 Å². The molecule has 1 N–H and O–H groups in total. The summed E-state index contributed by atoms with van der Waals surface area (Å²) in [5.41, 5.74) is 3.00. The molecule has 5 heteroatoms. The molecule has 0 saturated heterocycles. The van der Waals surface area contributed by atoms with Gasteiger partial charge in [0.1, 0.15) is 5.56 Å². The van der Waals surface area contributed by atoms with Crippen molar-refractivity contribution in [3.8, 4) is 0 Å². The van der Waals surface area contributed by atoms with Crippen LogP contribution < -0.4 is 5.32 Å². The first-order chi connectivity index (χ1) is 8.90. The Hall–Kier alpha value is -1.91. The fourth-order valence-corrected chi connectivity index (χ4v) is 1.88. The maximum Gasteiger partial charge on any atom is 0.256 e. The van der Waals surface area contributed by atoms with Crippen LogP contribution in [0.15, 0.2) is 12.3 Å². The van der Waals surface area contributed by atoms with Crippen LogP contribution in [-0.2, 0) is 0 Å². The molecule has 2 heterocycles. The second-order valence-electron chi connectivity index (χ2n) is 5.34. The number of carbonyl (C=O) groups is 1. The third kappa shape index (κ3) is 2.59. The molecule has 102 valence electrons. The Morgan fingerprint density at radius 1 is 1.32 bits per heavy atom. The third-order valence-electron chi connectivity index (χ3n) is 3.38. The van der Waals surface area contributed by atoms with Crippen molar-refractivity contribution in [2.45, 2.75) is 40.7 Å². The highest BCUT2D eigenvalue weighted by atomic mass is 16.1. The summed E-state index contributed by atoms with van der Waals surface area (Å²) in [6.45, 7) is 10.0. The van der Waals surface area contributed by atoms with Crippen LogP contribution in [0.5, 0.6) is 0 Å². The van der Waals surface area contributed by atoms with Gasteiger partial charge in [-0.15, -0.1) is 0 Å². The molecule has 1 amide bonds. The van der Waals surface area contributed by atoms with Gasteiger partial charge in [0.2, 0.25) is 0 Å². The highest BCUT2D eigenvalue weighted by molar-refractivity contribution is 5.99. The first-order valence-electron chi connectivity index (χ1n) is 6.53. The zero-order valence-electron chi connectivity index (χ0n) is 12.1. The molecule has 0 aliphatic heterocycles. The Morgan fingerprint density at radius 3 is 2.63 bits per heavy atom. The van der Waals surface area contributed by atoms with Gasteiger partial charge in [-0.25, -0.2) is 9.50 Å². The van der Waals surface area contributed by atoms with Gasteiger partial charge in [0.15, 0.2) is 5.65 Å². The predicted molar refractivity (Wildman–Crippen MR) is 74.2 cm³/mol. The van der Waals surface area contributed by atoms with E-state index < -0.39 is 0 Å².